The van der Waals surface area contributed by atoms with Crippen molar-refractivity contribution in [1.29, 1.82) is 0 Å². The lowest BCUT2D eigenvalue weighted by atomic mass is 9.95. The first-order chi connectivity index (χ1) is 13.0. The van der Waals surface area contributed by atoms with E-state index in [1.165, 1.54) is 34.6 Å². The Morgan fingerprint density at radius 2 is 1.74 bits per heavy atom. The monoisotopic (exact) mass is 390 g/mol. The van der Waals surface area contributed by atoms with Gasteiger partial charge in [-0.15, -0.1) is 0 Å². The molecule has 0 spiro atoms. The van der Waals surface area contributed by atoms with E-state index >= 15 is 0 Å². The molecule has 1 amide bonds. The summed E-state index contributed by atoms with van der Waals surface area (Å²) in [6.45, 7) is -0.293. The van der Waals surface area contributed by atoms with Gasteiger partial charge in [-0.25, -0.2) is 12.8 Å². The van der Waals surface area contributed by atoms with Crippen molar-refractivity contribution in [1.82, 2.24) is 4.31 Å². The molecule has 5 nitrogen and oxygen atoms in total. The van der Waals surface area contributed by atoms with Gasteiger partial charge in [0.05, 0.1) is 11.4 Å². The van der Waals surface area contributed by atoms with Gasteiger partial charge in [0.2, 0.25) is 15.9 Å². The minimum absolute atomic E-state index is 0.175. The lowest BCUT2D eigenvalue weighted by Crippen LogP contribution is -2.45. The molecule has 0 aromatic heterocycles. The molecule has 1 saturated carbocycles. The van der Waals surface area contributed by atoms with Crippen LogP contribution in [-0.2, 0) is 14.8 Å². The van der Waals surface area contributed by atoms with Gasteiger partial charge in [-0.1, -0.05) is 43.5 Å². The number of nitrogens with zero attached hydrogens (tertiary/aromatic N) is 1. The highest BCUT2D eigenvalue weighted by Gasteiger charge is 2.33. The SMILES string of the molecule is O=C(CN(C1CCCCC1)S(=O)(=O)c1ccccc1)Nc1cccc(F)c1. The van der Waals surface area contributed by atoms with Crippen molar-refractivity contribution >= 4 is 21.6 Å². The van der Waals surface area contributed by atoms with Gasteiger partial charge in [-0.2, -0.15) is 4.31 Å². The maximum Gasteiger partial charge on any atom is 0.243 e. The average molecular weight is 390 g/mol. The normalized spacial score (nSPS) is 15.6. The van der Waals surface area contributed by atoms with Crippen LogP contribution in [0.15, 0.2) is 59.5 Å². The Morgan fingerprint density at radius 1 is 1.04 bits per heavy atom. The van der Waals surface area contributed by atoms with Crippen molar-refractivity contribution in [3.8, 4) is 0 Å². The lowest BCUT2D eigenvalue weighted by Gasteiger charge is -2.33. The predicted molar refractivity (Wildman–Crippen MR) is 102 cm³/mol. The molecule has 2 aromatic rings. The number of nitrogens with one attached hydrogen (secondary N) is 1. The number of sulfonamides is 1. The third-order valence-electron chi connectivity index (χ3n) is 4.74. The van der Waals surface area contributed by atoms with E-state index in [9.17, 15) is 17.6 Å². The van der Waals surface area contributed by atoms with Crippen molar-refractivity contribution in [2.75, 3.05) is 11.9 Å². The first-order valence-electron chi connectivity index (χ1n) is 9.09. The molecule has 0 aliphatic heterocycles. The van der Waals surface area contributed by atoms with Gasteiger partial charge in [0.25, 0.3) is 0 Å². The molecule has 1 N–H and O–H groups in total. The Hall–Kier alpha value is -2.25. The van der Waals surface area contributed by atoms with Crippen molar-refractivity contribution in [3.63, 3.8) is 0 Å². The molecular formula is C20H23FN2O3S. The minimum Gasteiger partial charge on any atom is -0.325 e. The highest BCUT2D eigenvalue weighted by Crippen LogP contribution is 2.27. The van der Waals surface area contributed by atoms with Gasteiger partial charge in [0, 0.05) is 11.7 Å². The summed E-state index contributed by atoms with van der Waals surface area (Å²) in [7, 11) is -3.80. The Morgan fingerprint density at radius 3 is 2.41 bits per heavy atom. The Bertz CT molecular complexity index is 881. The van der Waals surface area contributed by atoms with Crippen LogP contribution in [0.3, 0.4) is 0 Å². The molecule has 1 aliphatic rings. The summed E-state index contributed by atoms with van der Waals surface area (Å²) in [4.78, 5) is 12.7. The highest BCUT2D eigenvalue weighted by molar-refractivity contribution is 7.89. The van der Waals surface area contributed by atoms with Crippen LogP contribution in [-0.4, -0.2) is 31.2 Å². The van der Waals surface area contributed by atoms with Gasteiger partial charge >= 0.3 is 0 Å². The topological polar surface area (TPSA) is 66.5 Å². The minimum atomic E-state index is -3.80. The van der Waals surface area contributed by atoms with E-state index in [-0.39, 0.29) is 17.5 Å². The molecule has 0 atom stereocenters. The van der Waals surface area contributed by atoms with Gasteiger partial charge in [0.1, 0.15) is 5.82 Å². The fourth-order valence-corrected chi connectivity index (χ4v) is 5.08. The molecule has 1 fully saturated rings. The molecule has 27 heavy (non-hydrogen) atoms. The predicted octanol–water partition coefficient (Wildman–Crippen LogP) is 3.79. The maximum atomic E-state index is 13.3. The summed E-state index contributed by atoms with van der Waals surface area (Å²) in [5.74, 6) is -0.945. The van der Waals surface area contributed by atoms with E-state index in [4.69, 9.17) is 0 Å². The number of halogens is 1. The maximum absolute atomic E-state index is 13.3. The first-order valence-corrected chi connectivity index (χ1v) is 10.5. The molecule has 0 saturated heterocycles. The molecular weight excluding hydrogens is 367 g/mol. The van der Waals surface area contributed by atoms with Crippen LogP contribution in [0.1, 0.15) is 32.1 Å². The van der Waals surface area contributed by atoms with E-state index in [2.05, 4.69) is 5.32 Å². The second-order valence-electron chi connectivity index (χ2n) is 6.71. The quantitative estimate of drug-likeness (QED) is 0.816. The number of amides is 1. The van der Waals surface area contributed by atoms with Crippen LogP contribution < -0.4 is 5.32 Å². The lowest BCUT2D eigenvalue weighted by molar-refractivity contribution is -0.116. The summed E-state index contributed by atoms with van der Waals surface area (Å²) in [6, 6.07) is 13.5. The number of hydrogen-bond donors (Lipinski definition) is 1. The molecule has 1 aliphatic carbocycles. The fraction of sp³-hybridized carbons (Fsp3) is 0.350. The van der Waals surface area contributed by atoms with E-state index in [0.29, 0.717) is 5.69 Å². The summed E-state index contributed by atoms with van der Waals surface area (Å²) >= 11 is 0. The van der Waals surface area contributed by atoms with E-state index in [1.807, 2.05) is 0 Å². The number of carbonyl (C=O) groups is 1. The fourth-order valence-electron chi connectivity index (χ4n) is 3.42. The molecule has 0 bridgehead atoms. The largest absolute Gasteiger partial charge is 0.325 e. The number of anilines is 1. The molecule has 3 rings (SSSR count). The highest BCUT2D eigenvalue weighted by atomic mass is 32.2. The van der Waals surface area contributed by atoms with Gasteiger partial charge in [-0.3, -0.25) is 4.79 Å². The molecule has 2 aromatic carbocycles. The van der Waals surface area contributed by atoms with E-state index in [1.54, 1.807) is 24.3 Å². The van der Waals surface area contributed by atoms with Crippen LogP contribution in [0.5, 0.6) is 0 Å². The zero-order chi connectivity index (χ0) is 19.3. The number of rotatable bonds is 6. The molecule has 0 radical (unpaired) electrons. The number of hydrogen-bond acceptors (Lipinski definition) is 3. The molecule has 0 heterocycles. The summed E-state index contributed by atoms with van der Waals surface area (Å²) in [6.07, 6.45) is 4.43. The average Bonchev–Trinajstić information content (AvgIpc) is 2.67. The third-order valence-corrected chi connectivity index (χ3v) is 6.65. The molecule has 144 valence electrons. The third kappa shape index (κ3) is 4.93. The van der Waals surface area contributed by atoms with Crippen molar-refractivity contribution in [3.05, 3.63) is 60.4 Å². The Labute approximate surface area is 159 Å². The molecule has 7 heteroatoms. The van der Waals surface area contributed by atoms with Gasteiger partial charge < -0.3 is 5.32 Å². The Kier molecular flexibility index (Phi) is 6.23. The standard InChI is InChI=1S/C20H23FN2O3S/c21-16-8-7-9-17(14-16)22-20(24)15-23(18-10-3-1-4-11-18)27(25,26)19-12-5-2-6-13-19/h2,5-9,12-14,18H,1,3-4,10-11,15H2,(H,22,24). The second kappa shape index (κ2) is 8.63. The number of carbonyl (C=O) groups excluding carboxylic acids is 1. The second-order valence-corrected chi connectivity index (χ2v) is 8.60. The van der Waals surface area contributed by atoms with E-state index < -0.39 is 21.7 Å². The Balaban J connectivity index is 1.82. The van der Waals surface area contributed by atoms with Crippen molar-refractivity contribution in [2.45, 2.75) is 43.0 Å². The van der Waals surface area contributed by atoms with Gasteiger partial charge in [-0.05, 0) is 43.2 Å². The zero-order valence-electron chi connectivity index (χ0n) is 15.0. The van der Waals surface area contributed by atoms with Crippen LogP contribution in [0, 0.1) is 5.82 Å². The first kappa shape index (κ1) is 19.5. The van der Waals surface area contributed by atoms with Crippen LogP contribution in [0.4, 0.5) is 10.1 Å². The van der Waals surface area contributed by atoms with Crippen molar-refractivity contribution < 1.29 is 17.6 Å². The molecule has 0 unspecified atom stereocenters. The summed E-state index contributed by atoms with van der Waals surface area (Å²) < 4.78 is 40.9. The van der Waals surface area contributed by atoms with Crippen LogP contribution in [0.2, 0.25) is 0 Å². The smallest absolute Gasteiger partial charge is 0.243 e. The van der Waals surface area contributed by atoms with Crippen molar-refractivity contribution in [2.24, 2.45) is 0 Å². The number of benzene rings is 2. The summed E-state index contributed by atoms with van der Waals surface area (Å²) in [5.41, 5.74) is 0.306. The summed E-state index contributed by atoms with van der Waals surface area (Å²) in [5, 5.41) is 2.59. The van der Waals surface area contributed by atoms with Gasteiger partial charge in [0.15, 0.2) is 0 Å². The van der Waals surface area contributed by atoms with E-state index in [0.717, 1.165) is 32.1 Å². The van der Waals surface area contributed by atoms with Crippen LogP contribution in [0.25, 0.3) is 0 Å². The zero-order valence-corrected chi connectivity index (χ0v) is 15.8. The van der Waals surface area contributed by atoms with Crippen LogP contribution >= 0.6 is 0 Å².